The molecule has 0 aromatic carbocycles. The Morgan fingerprint density at radius 2 is 2.29 bits per heavy atom. The molecule has 1 fully saturated rings. The molecule has 1 aromatic heterocycles. The summed E-state index contributed by atoms with van der Waals surface area (Å²) in [5.74, 6) is -0.722. The van der Waals surface area contributed by atoms with Gasteiger partial charge in [-0.25, -0.2) is 9.59 Å². The molecule has 0 saturated carbocycles. The van der Waals surface area contributed by atoms with E-state index >= 15 is 0 Å². The molecule has 1 aliphatic rings. The van der Waals surface area contributed by atoms with Crippen molar-refractivity contribution < 1.29 is 19.1 Å². The molecule has 1 amide bonds. The molecule has 2 heterocycles. The number of thioether (sulfide) groups is 1. The van der Waals surface area contributed by atoms with Crippen LogP contribution >= 0.6 is 11.8 Å². The van der Waals surface area contributed by atoms with E-state index < -0.39 is 11.7 Å². The van der Waals surface area contributed by atoms with E-state index in [-0.39, 0.29) is 35.0 Å². The molecule has 0 bridgehead atoms. The van der Waals surface area contributed by atoms with E-state index in [1.807, 2.05) is 0 Å². The number of nitrogens with one attached hydrogen (secondary N) is 2. The van der Waals surface area contributed by atoms with Crippen molar-refractivity contribution in [3.63, 3.8) is 0 Å². The molecule has 9 heteroatoms. The summed E-state index contributed by atoms with van der Waals surface area (Å²) in [6, 6.07) is 0. The maximum atomic E-state index is 12.0. The third-order valence-electron chi connectivity index (χ3n) is 3.46. The van der Waals surface area contributed by atoms with Crippen LogP contribution < -0.4 is 11.0 Å². The van der Waals surface area contributed by atoms with Crippen LogP contribution in [0.2, 0.25) is 0 Å². The highest BCUT2D eigenvalue weighted by Gasteiger charge is 2.20. The van der Waals surface area contributed by atoms with E-state index in [4.69, 9.17) is 9.47 Å². The SMILES string of the molecule is CCOC(=O)c1c(SCC(=O)NCC2CCCO2)nc(=O)[nH]c1C. The van der Waals surface area contributed by atoms with Gasteiger partial charge in [-0.1, -0.05) is 11.8 Å². The first-order valence-electron chi connectivity index (χ1n) is 7.80. The van der Waals surface area contributed by atoms with Crippen molar-refractivity contribution in [2.75, 3.05) is 25.5 Å². The zero-order valence-electron chi connectivity index (χ0n) is 13.7. The Hall–Kier alpha value is -1.87. The average molecular weight is 355 g/mol. The smallest absolute Gasteiger partial charge is 0.346 e. The molecule has 1 aromatic rings. The van der Waals surface area contributed by atoms with Crippen LogP contribution in [0, 0.1) is 6.92 Å². The summed E-state index contributed by atoms with van der Waals surface area (Å²) in [5.41, 5.74) is -0.00750. The van der Waals surface area contributed by atoms with Crippen molar-refractivity contribution in [2.45, 2.75) is 37.8 Å². The van der Waals surface area contributed by atoms with Crippen molar-refractivity contribution in [1.82, 2.24) is 15.3 Å². The standard InChI is InChI=1S/C15H21N3O5S/c1-3-22-14(20)12-9(2)17-15(21)18-13(12)24-8-11(19)16-7-10-5-4-6-23-10/h10H,3-8H2,1-2H3,(H,16,19)(H,17,18,21). The first-order valence-corrected chi connectivity index (χ1v) is 8.79. The number of hydrogen-bond acceptors (Lipinski definition) is 7. The molecule has 132 valence electrons. The maximum Gasteiger partial charge on any atom is 0.346 e. The van der Waals surface area contributed by atoms with Gasteiger partial charge in [-0.05, 0) is 26.7 Å². The Morgan fingerprint density at radius 1 is 1.50 bits per heavy atom. The summed E-state index contributed by atoms with van der Waals surface area (Å²) in [4.78, 5) is 41.8. The number of amides is 1. The summed E-state index contributed by atoms with van der Waals surface area (Å²) in [6.45, 7) is 4.69. The van der Waals surface area contributed by atoms with Crippen LogP contribution in [-0.4, -0.2) is 53.5 Å². The normalized spacial score (nSPS) is 16.8. The fourth-order valence-electron chi connectivity index (χ4n) is 2.33. The predicted molar refractivity (Wildman–Crippen MR) is 88.3 cm³/mol. The summed E-state index contributed by atoms with van der Waals surface area (Å²) in [5, 5.41) is 2.98. The van der Waals surface area contributed by atoms with Gasteiger partial charge in [0, 0.05) is 18.8 Å². The Kier molecular flexibility index (Phi) is 6.80. The second-order valence-electron chi connectivity index (χ2n) is 5.30. The van der Waals surface area contributed by atoms with Crippen molar-refractivity contribution in [1.29, 1.82) is 0 Å². The van der Waals surface area contributed by atoms with Crippen molar-refractivity contribution in [3.05, 3.63) is 21.7 Å². The lowest BCUT2D eigenvalue weighted by Gasteiger charge is -2.12. The Labute approximate surface area is 143 Å². The maximum absolute atomic E-state index is 12.0. The van der Waals surface area contributed by atoms with Gasteiger partial charge in [-0.15, -0.1) is 0 Å². The minimum atomic E-state index is -0.569. The molecule has 1 atom stereocenters. The lowest BCUT2D eigenvalue weighted by atomic mass is 10.2. The fraction of sp³-hybridized carbons (Fsp3) is 0.600. The number of nitrogens with zero attached hydrogens (tertiary/aromatic N) is 1. The Balaban J connectivity index is 1.98. The highest BCUT2D eigenvalue weighted by Crippen LogP contribution is 2.21. The quantitative estimate of drug-likeness (QED) is 0.419. The van der Waals surface area contributed by atoms with E-state index in [9.17, 15) is 14.4 Å². The molecular weight excluding hydrogens is 334 g/mol. The second-order valence-corrected chi connectivity index (χ2v) is 6.26. The molecule has 2 rings (SSSR count). The molecule has 24 heavy (non-hydrogen) atoms. The van der Waals surface area contributed by atoms with Gasteiger partial charge in [0.2, 0.25) is 5.91 Å². The largest absolute Gasteiger partial charge is 0.462 e. The number of aryl methyl sites for hydroxylation is 1. The van der Waals surface area contributed by atoms with Gasteiger partial charge < -0.3 is 19.8 Å². The van der Waals surface area contributed by atoms with Crippen LogP contribution in [0.3, 0.4) is 0 Å². The minimum absolute atomic E-state index is 0.0506. The zero-order valence-corrected chi connectivity index (χ0v) is 14.5. The van der Waals surface area contributed by atoms with Gasteiger partial charge in [-0.2, -0.15) is 4.98 Å². The van der Waals surface area contributed by atoms with Crippen LogP contribution in [0.15, 0.2) is 9.82 Å². The van der Waals surface area contributed by atoms with Crippen LogP contribution in [0.1, 0.15) is 35.8 Å². The Bertz CT molecular complexity index is 655. The van der Waals surface area contributed by atoms with Crippen molar-refractivity contribution in [2.24, 2.45) is 0 Å². The van der Waals surface area contributed by atoms with Crippen molar-refractivity contribution >= 4 is 23.6 Å². The number of rotatable bonds is 7. The summed E-state index contributed by atoms with van der Waals surface area (Å²) in [6.07, 6.45) is 2.01. The van der Waals surface area contributed by atoms with Crippen LogP contribution in [0.4, 0.5) is 0 Å². The zero-order chi connectivity index (χ0) is 17.5. The molecule has 0 spiro atoms. The Morgan fingerprint density at radius 3 is 2.96 bits per heavy atom. The van der Waals surface area contributed by atoms with Crippen LogP contribution in [0.5, 0.6) is 0 Å². The number of aromatic amines is 1. The first-order chi connectivity index (χ1) is 11.5. The summed E-state index contributed by atoms with van der Waals surface area (Å²) >= 11 is 1.04. The summed E-state index contributed by atoms with van der Waals surface area (Å²) < 4.78 is 10.4. The van der Waals surface area contributed by atoms with Gasteiger partial charge >= 0.3 is 11.7 Å². The van der Waals surface area contributed by atoms with Gasteiger partial charge in [0.05, 0.1) is 18.5 Å². The van der Waals surface area contributed by atoms with Gasteiger partial charge in [0.1, 0.15) is 10.6 Å². The lowest BCUT2D eigenvalue weighted by Crippen LogP contribution is -2.33. The molecule has 1 aliphatic heterocycles. The predicted octanol–water partition coefficient (Wildman–Crippen LogP) is 0.642. The highest BCUT2D eigenvalue weighted by molar-refractivity contribution is 8.00. The molecule has 0 radical (unpaired) electrons. The fourth-order valence-corrected chi connectivity index (χ4v) is 3.22. The molecule has 2 N–H and O–H groups in total. The molecule has 1 unspecified atom stereocenters. The second kappa shape index (κ2) is 8.84. The molecular formula is C15H21N3O5S. The van der Waals surface area contributed by atoms with Gasteiger partial charge in [0.15, 0.2) is 0 Å². The van der Waals surface area contributed by atoms with E-state index in [1.54, 1.807) is 13.8 Å². The number of esters is 1. The number of carbonyl (C=O) groups excluding carboxylic acids is 2. The van der Waals surface area contributed by atoms with E-state index in [0.29, 0.717) is 12.2 Å². The van der Waals surface area contributed by atoms with Crippen molar-refractivity contribution in [3.8, 4) is 0 Å². The van der Waals surface area contributed by atoms with Gasteiger partial charge in [-0.3, -0.25) is 4.79 Å². The first kappa shape index (κ1) is 18.5. The third kappa shape index (κ3) is 5.07. The lowest BCUT2D eigenvalue weighted by molar-refractivity contribution is -0.119. The van der Waals surface area contributed by atoms with E-state index in [0.717, 1.165) is 31.2 Å². The summed E-state index contributed by atoms with van der Waals surface area (Å²) in [7, 11) is 0. The topological polar surface area (TPSA) is 110 Å². The average Bonchev–Trinajstić information content (AvgIpc) is 3.03. The third-order valence-corrected chi connectivity index (χ3v) is 4.43. The number of aromatic nitrogens is 2. The monoisotopic (exact) mass is 355 g/mol. The molecule has 8 nitrogen and oxygen atoms in total. The number of carbonyl (C=O) groups is 2. The van der Waals surface area contributed by atoms with E-state index in [1.165, 1.54) is 0 Å². The van der Waals surface area contributed by atoms with Crippen LogP contribution in [-0.2, 0) is 14.3 Å². The number of H-pyrrole nitrogens is 1. The molecule has 0 aliphatic carbocycles. The van der Waals surface area contributed by atoms with E-state index in [2.05, 4.69) is 15.3 Å². The highest BCUT2D eigenvalue weighted by atomic mass is 32.2. The minimum Gasteiger partial charge on any atom is -0.462 e. The van der Waals surface area contributed by atoms with Crippen LogP contribution in [0.25, 0.3) is 0 Å². The molecule has 1 saturated heterocycles. The number of ether oxygens (including phenoxy) is 2. The number of hydrogen-bond donors (Lipinski definition) is 2. The van der Waals surface area contributed by atoms with Gasteiger partial charge in [0.25, 0.3) is 0 Å².